The number of nitrogens with zero attached hydrogens (tertiary/aromatic N) is 2. The number of hydrogen-bond donors (Lipinski definition) is 1. The second-order valence-electron chi connectivity index (χ2n) is 4.49. The molecule has 5 nitrogen and oxygen atoms in total. The number of aliphatic hydroxyl groups is 1. The fraction of sp³-hybridized carbons (Fsp3) is 0.429. The Hall–Kier alpha value is -2.22. The maximum atomic E-state index is 9.20. The molecule has 0 heterocycles. The molecule has 0 aliphatic carbocycles. The van der Waals surface area contributed by atoms with Crippen LogP contribution in [0.3, 0.4) is 0 Å². The third-order valence-corrected chi connectivity index (χ3v) is 2.51. The van der Waals surface area contributed by atoms with Crippen LogP contribution >= 0.6 is 0 Å². The van der Waals surface area contributed by atoms with Crippen molar-refractivity contribution in [3.05, 3.63) is 47.0 Å². The summed E-state index contributed by atoms with van der Waals surface area (Å²) in [6, 6.07) is 7.80. The summed E-state index contributed by atoms with van der Waals surface area (Å²) < 4.78 is 10.8. The first-order chi connectivity index (χ1) is 9.01. The number of aryl methyl sites for hydroxylation is 1. The van der Waals surface area contributed by atoms with E-state index in [1.807, 2.05) is 38.1 Å². The molecule has 5 heteroatoms. The van der Waals surface area contributed by atoms with Crippen molar-refractivity contribution in [2.45, 2.75) is 39.4 Å². The van der Waals surface area contributed by atoms with Gasteiger partial charge in [-0.1, -0.05) is 17.7 Å². The minimum atomic E-state index is -0.419. The van der Waals surface area contributed by atoms with E-state index >= 15 is 0 Å². The first-order valence-corrected chi connectivity index (χ1v) is 6.14. The quantitative estimate of drug-likeness (QED) is 0.626. The van der Waals surface area contributed by atoms with Crippen LogP contribution in [0.15, 0.2) is 36.4 Å². The third kappa shape index (κ3) is 5.77. The van der Waals surface area contributed by atoms with Crippen molar-refractivity contribution < 1.29 is 14.6 Å². The maximum Gasteiger partial charge on any atom is 0.429 e. The third-order valence-electron chi connectivity index (χ3n) is 2.51. The van der Waals surface area contributed by atoms with Gasteiger partial charge in [0.1, 0.15) is 11.9 Å². The van der Waals surface area contributed by atoms with Gasteiger partial charge in [-0.2, -0.15) is 0 Å². The van der Waals surface area contributed by atoms with Crippen LogP contribution in [0.4, 0.5) is 0 Å². The van der Waals surface area contributed by atoms with Crippen LogP contribution in [0.1, 0.15) is 25.8 Å². The molecular weight excluding hydrogens is 244 g/mol. The number of ether oxygens (including phenoxy) is 2. The van der Waals surface area contributed by atoms with Gasteiger partial charge in [-0.05, 0) is 32.9 Å². The van der Waals surface area contributed by atoms with E-state index in [2.05, 4.69) is 4.98 Å². The van der Waals surface area contributed by atoms with Gasteiger partial charge in [-0.25, -0.2) is 0 Å². The Morgan fingerprint density at radius 2 is 1.95 bits per heavy atom. The molecule has 1 N–H and O–H groups in total. The normalized spacial score (nSPS) is 14.3. The highest BCUT2D eigenvalue weighted by Crippen LogP contribution is 2.16. The van der Waals surface area contributed by atoms with Crippen molar-refractivity contribution in [2.24, 2.45) is 0 Å². The summed E-state index contributed by atoms with van der Waals surface area (Å²) >= 11 is 0. The Morgan fingerprint density at radius 3 is 2.53 bits per heavy atom. The Labute approximate surface area is 113 Å². The zero-order chi connectivity index (χ0) is 14.3. The standard InChI is InChI=1S/C14H18N2O3/c1-10-4-6-13(7-5-10)18-11(2)8-12(3)19-14(17)9-16-15/h4-7,9,11-12H,8H2,1-3H3/p+1/b14-9+/t11-,12+/m0/s1. The van der Waals surface area contributed by atoms with Gasteiger partial charge in [0.2, 0.25) is 5.39 Å². The highest BCUT2D eigenvalue weighted by atomic mass is 16.6. The average molecular weight is 263 g/mol. The number of hydrogen-bond acceptors (Lipinski definition) is 4. The fourth-order valence-electron chi connectivity index (χ4n) is 1.70. The van der Waals surface area contributed by atoms with Crippen molar-refractivity contribution in [1.29, 1.82) is 5.39 Å². The molecule has 0 saturated heterocycles. The van der Waals surface area contributed by atoms with Gasteiger partial charge < -0.3 is 14.6 Å². The molecule has 2 atom stereocenters. The molecule has 0 saturated carbocycles. The predicted octanol–water partition coefficient (Wildman–Crippen LogP) is 3.77. The summed E-state index contributed by atoms with van der Waals surface area (Å²) in [5.41, 5.74) is 1.18. The van der Waals surface area contributed by atoms with E-state index in [4.69, 9.17) is 14.9 Å². The number of benzene rings is 1. The van der Waals surface area contributed by atoms with E-state index in [-0.39, 0.29) is 12.2 Å². The average Bonchev–Trinajstić information content (AvgIpc) is 2.32. The number of aliphatic hydroxyl groups excluding tert-OH is 1. The van der Waals surface area contributed by atoms with Crippen molar-refractivity contribution in [1.82, 2.24) is 0 Å². The minimum Gasteiger partial charge on any atom is -0.491 e. The van der Waals surface area contributed by atoms with E-state index in [1.165, 1.54) is 5.56 Å². The molecule has 1 rings (SSSR count). The molecule has 0 amide bonds. The monoisotopic (exact) mass is 263 g/mol. The van der Waals surface area contributed by atoms with Gasteiger partial charge in [0, 0.05) is 6.42 Å². The topological polar surface area (TPSA) is 66.8 Å². The Balaban J connectivity index is 2.42. The second-order valence-corrected chi connectivity index (χ2v) is 4.49. The fourth-order valence-corrected chi connectivity index (χ4v) is 1.70. The van der Waals surface area contributed by atoms with Crippen molar-refractivity contribution >= 4 is 0 Å². The zero-order valence-electron chi connectivity index (χ0n) is 11.4. The molecule has 0 spiro atoms. The Morgan fingerprint density at radius 1 is 1.32 bits per heavy atom. The number of rotatable bonds is 6. The zero-order valence-corrected chi connectivity index (χ0v) is 11.4. The molecule has 0 unspecified atom stereocenters. The highest BCUT2D eigenvalue weighted by Gasteiger charge is 2.14. The summed E-state index contributed by atoms with van der Waals surface area (Å²) in [6.07, 6.45) is 1.12. The lowest BCUT2D eigenvalue weighted by molar-refractivity contribution is 0.0195. The molecule has 0 bridgehead atoms. The van der Waals surface area contributed by atoms with E-state index < -0.39 is 5.95 Å². The molecule has 19 heavy (non-hydrogen) atoms. The second kappa shape index (κ2) is 7.27. The van der Waals surface area contributed by atoms with Crippen LogP contribution in [0.25, 0.3) is 4.98 Å². The summed E-state index contributed by atoms with van der Waals surface area (Å²) in [5, 5.41) is 17.4. The van der Waals surface area contributed by atoms with Crippen LogP contribution < -0.4 is 4.74 Å². The first-order valence-electron chi connectivity index (χ1n) is 6.14. The molecule has 0 aliphatic heterocycles. The van der Waals surface area contributed by atoms with E-state index in [1.54, 1.807) is 6.92 Å². The summed E-state index contributed by atoms with van der Waals surface area (Å²) in [6.45, 7) is 5.75. The molecule has 0 aliphatic rings. The van der Waals surface area contributed by atoms with Crippen LogP contribution in [0.5, 0.6) is 5.75 Å². The lowest BCUT2D eigenvalue weighted by atomic mass is 10.2. The van der Waals surface area contributed by atoms with Crippen LogP contribution in [-0.4, -0.2) is 17.3 Å². The van der Waals surface area contributed by atoms with Crippen LogP contribution in [0.2, 0.25) is 0 Å². The van der Waals surface area contributed by atoms with E-state index in [0.717, 1.165) is 11.9 Å². The van der Waals surface area contributed by atoms with Crippen molar-refractivity contribution in [3.63, 3.8) is 0 Å². The minimum absolute atomic E-state index is 0.0587. The summed E-state index contributed by atoms with van der Waals surface area (Å²) in [5.74, 6) is 0.382. The van der Waals surface area contributed by atoms with E-state index in [9.17, 15) is 5.11 Å². The van der Waals surface area contributed by atoms with Crippen LogP contribution in [-0.2, 0) is 4.74 Å². The van der Waals surface area contributed by atoms with Gasteiger partial charge in [0.15, 0.2) is 4.98 Å². The molecule has 1 aromatic rings. The van der Waals surface area contributed by atoms with Crippen molar-refractivity contribution in [3.8, 4) is 5.75 Å². The molecule has 0 fully saturated rings. The van der Waals surface area contributed by atoms with Gasteiger partial charge in [-0.15, -0.1) is 0 Å². The van der Waals surface area contributed by atoms with Gasteiger partial charge in [0.05, 0.1) is 6.10 Å². The van der Waals surface area contributed by atoms with Crippen molar-refractivity contribution in [2.75, 3.05) is 0 Å². The molecule has 102 valence electrons. The summed E-state index contributed by atoms with van der Waals surface area (Å²) in [7, 11) is 0. The molecule has 1 aromatic carbocycles. The lowest BCUT2D eigenvalue weighted by Crippen LogP contribution is -2.20. The molecule has 0 aromatic heterocycles. The largest absolute Gasteiger partial charge is 0.491 e. The van der Waals surface area contributed by atoms with Crippen LogP contribution in [0, 0.1) is 12.3 Å². The SMILES string of the molecule is Cc1ccc(O[C@@H](C)C[C@@H](C)O/C(O)=C/[N+]#N)cc1. The molecular formula is C14H19N2O3+. The van der Waals surface area contributed by atoms with Gasteiger partial charge >= 0.3 is 12.1 Å². The van der Waals surface area contributed by atoms with E-state index in [0.29, 0.717) is 6.42 Å². The van der Waals surface area contributed by atoms with Gasteiger partial charge in [0.25, 0.3) is 0 Å². The Kier molecular flexibility index (Phi) is 5.68. The first kappa shape index (κ1) is 14.8. The highest BCUT2D eigenvalue weighted by molar-refractivity contribution is 5.26. The predicted molar refractivity (Wildman–Crippen MR) is 72.2 cm³/mol. The Bertz CT molecular complexity index is 463. The lowest BCUT2D eigenvalue weighted by Gasteiger charge is -2.19. The number of diazo groups is 1. The maximum absolute atomic E-state index is 9.20. The molecule has 0 radical (unpaired) electrons. The smallest absolute Gasteiger partial charge is 0.429 e. The van der Waals surface area contributed by atoms with Gasteiger partial charge in [-0.3, -0.25) is 0 Å². The summed E-state index contributed by atoms with van der Waals surface area (Å²) in [4.78, 5) is 2.68.